The van der Waals surface area contributed by atoms with Crippen LogP contribution in [0.2, 0.25) is 0 Å². The van der Waals surface area contributed by atoms with Crippen LogP contribution in [0, 0.1) is 6.92 Å². The van der Waals surface area contributed by atoms with Crippen LogP contribution in [0.4, 0.5) is 10.5 Å². The summed E-state index contributed by atoms with van der Waals surface area (Å²) < 4.78 is 10.2. The Morgan fingerprint density at radius 3 is 2.70 bits per heavy atom. The number of thioether (sulfide) groups is 1. The number of esters is 1. The average molecular weight is 390 g/mol. The Morgan fingerprint density at radius 1 is 1.30 bits per heavy atom. The lowest BCUT2D eigenvalue weighted by Crippen LogP contribution is -2.36. The Labute approximate surface area is 162 Å². The van der Waals surface area contributed by atoms with Crippen molar-refractivity contribution in [1.29, 1.82) is 0 Å². The van der Waals surface area contributed by atoms with Crippen LogP contribution in [-0.4, -0.2) is 61.5 Å². The third kappa shape index (κ3) is 4.51. The zero-order chi connectivity index (χ0) is 19.4. The van der Waals surface area contributed by atoms with Gasteiger partial charge in [-0.3, -0.25) is 19.3 Å². The summed E-state index contributed by atoms with van der Waals surface area (Å²) in [7, 11) is 0. The number of ether oxygens (including phenoxy) is 2. The molecular weight excluding hydrogens is 368 g/mol. The molecule has 0 spiro atoms. The number of hydrogen-bond donors (Lipinski definition) is 0. The SMILES string of the molecule is CCOC(=O)CN1C(=O)S/C(=C/c2ccc(N3CCOCC3)cc2C)C1=O. The van der Waals surface area contributed by atoms with E-state index in [0.717, 1.165) is 46.6 Å². The van der Waals surface area contributed by atoms with Crippen LogP contribution in [0.25, 0.3) is 6.08 Å². The van der Waals surface area contributed by atoms with Gasteiger partial charge in [0.1, 0.15) is 6.54 Å². The first kappa shape index (κ1) is 19.4. The van der Waals surface area contributed by atoms with Crippen LogP contribution < -0.4 is 4.90 Å². The van der Waals surface area contributed by atoms with Gasteiger partial charge in [-0.2, -0.15) is 0 Å². The molecule has 0 aromatic heterocycles. The quantitative estimate of drug-likeness (QED) is 0.564. The molecule has 3 rings (SSSR count). The smallest absolute Gasteiger partial charge is 0.326 e. The summed E-state index contributed by atoms with van der Waals surface area (Å²) in [6.07, 6.45) is 1.70. The van der Waals surface area contributed by atoms with E-state index in [4.69, 9.17) is 9.47 Å². The van der Waals surface area contributed by atoms with Crippen molar-refractivity contribution in [1.82, 2.24) is 4.90 Å². The van der Waals surface area contributed by atoms with E-state index in [1.54, 1.807) is 13.0 Å². The van der Waals surface area contributed by atoms with Gasteiger partial charge in [0.2, 0.25) is 0 Å². The number of hydrogen-bond acceptors (Lipinski definition) is 7. The second-order valence-electron chi connectivity index (χ2n) is 6.21. The zero-order valence-corrected chi connectivity index (χ0v) is 16.2. The summed E-state index contributed by atoms with van der Waals surface area (Å²) in [6.45, 7) is 6.64. The maximum atomic E-state index is 12.5. The van der Waals surface area contributed by atoms with E-state index >= 15 is 0 Å². The Balaban J connectivity index is 1.75. The molecule has 0 bridgehead atoms. The number of carbonyl (C=O) groups is 3. The lowest BCUT2D eigenvalue weighted by atomic mass is 10.1. The van der Waals surface area contributed by atoms with E-state index in [0.29, 0.717) is 18.1 Å². The highest BCUT2D eigenvalue weighted by Gasteiger charge is 2.36. The number of amides is 2. The Hall–Kier alpha value is -2.32. The maximum absolute atomic E-state index is 12.5. The molecule has 0 N–H and O–H groups in total. The van der Waals surface area contributed by atoms with E-state index in [2.05, 4.69) is 11.0 Å². The molecule has 2 heterocycles. The predicted octanol–water partition coefficient (Wildman–Crippen LogP) is 2.43. The molecule has 2 fully saturated rings. The lowest BCUT2D eigenvalue weighted by molar-refractivity contribution is -0.145. The summed E-state index contributed by atoms with van der Waals surface area (Å²) in [6, 6.07) is 6.02. The van der Waals surface area contributed by atoms with Crippen molar-refractivity contribution >= 4 is 40.6 Å². The van der Waals surface area contributed by atoms with E-state index in [-0.39, 0.29) is 13.2 Å². The highest BCUT2D eigenvalue weighted by molar-refractivity contribution is 8.18. The van der Waals surface area contributed by atoms with Crippen molar-refractivity contribution in [3.63, 3.8) is 0 Å². The molecule has 0 saturated carbocycles. The third-order valence-electron chi connectivity index (χ3n) is 4.38. The molecule has 27 heavy (non-hydrogen) atoms. The Bertz CT molecular complexity index is 786. The summed E-state index contributed by atoms with van der Waals surface area (Å²) in [5.41, 5.74) is 2.99. The number of rotatable bonds is 5. The first-order valence-corrected chi connectivity index (χ1v) is 9.65. The van der Waals surface area contributed by atoms with E-state index in [1.165, 1.54) is 0 Å². The number of anilines is 1. The molecule has 8 heteroatoms. The number of benzene rings is 1. The van der Waals surface area contributed by atoms with Crippen molar-refractivity contribution in [2.24, 2.45) is 0 Å². The minimum Gasteiger partial charge on any atom is -0.465 e. The molecule has 1 aromatic rings. The van der Waals surface area contributed by atoms with Crippen LogP contribution in [0.3, 0.4) is 0 Å². The highest BCUT2D eigenvalue weighted by Crippen LogP contribution is 2.33. The molecule has 2 amide bonds. The van der Waals surface area contributed by atoms with Gasteiger partial charge >= 0.3 is 5.97 Å². The maximum Gasteiger partial charge on any atom is 0.326 e. The second kappa shape index (κ2) is 8.58. The topological polar surface area (TPSA) is 76.2 Å². The van der Waals surface area contributed by atoms with Gasteiger partial charge in [-0.15, -0.1) is 0 Å². The van der Waals surface area contributed by atoms with Gasteiger partial charge in [-0.05, 0) is 54.9 Å². The van der Waals surface area contributed by atoms with Gasteiger partial charge in [-0.25, -0.2) is 0 Å². The highest BCUT2D eigenvalue weighted by atomic mass is 32.2. The van der Waals surface area contributed by atoms with Crippen LogP contribution in [0.1, 0.15) is 18.1 Å². The average Bonchev–Trinajstić information content (AvgIpc) is 2.92. The molecule has 2 aliphatic rings. The summed E-state index contributed by atoms with van der Waals surface area (Å²) in [5, 5.41) is -0.457. The fraction of sp³-hybridized carbons (Fsp3) is 0.421. The van der Waals surface area contributed by atoms with Crippen LogP contribution in [0.5, 0.6) is 0 Å². The third-order valence-corrected chi connectivity index (χ3v) is 5.29. The fourth-order valence-corrected chi connectivity index (χ4v) is 3.78. The van der Waals surface area contributed by atoms with Gasteiger partial charge in [0.05, 0.1) is 24.7 Å². The molecule has 7 nitrogen and oxygen atoms in total. The van der Waals surface area contributed by atoms with Crippen molar-refractivity contribution < 1.29 is 23.9 Å². The summed E-state index contributed by atoms with van der Waals surface area (Å²) >= 11 is 0.841. The van der Waals surface area contributed by atoms with Crippen molar-refractivity contribution in [3.05, 3.63) is 34.2 Å². The zero-order valence-electron chi connectivity index (χ0n) is 15.4. The molecular formula is C19H22N2O5S. The molecule has 0 atom stereocenters. The molecule has 2 aliphatic heterocycles. The summed E-state index contributed by atoms with van der Waals surface area (Å²) in [4.78, 5) is 39.6. The van der Waals surface area contributed by atoms with Crippen LogP contribution in [-0.2, 0) is 19.1 Å². The molecule has 144 valence electrons. The Kier molecular flexibility index (Phi) is 6.18. The van der Waals surface area contributed by atoms with Crippen LogP contribution >= 0.6 is 11.8 Å². The standard InChI is InChI=1S/C19H22N2O5S/c1-3-26-17(22)12-21-18(23)16(27-19(21)24)11-14-4-5-15(10-13(14)2)20-6-8-25-9-7-20/h4-5,10-11H,3,6-9,12H2,1-2H3/b16-11+. The van der Waals surface area contributed by atoms with Gasteiger partial charge in [0.15, 0.2) is 0 Å². The lowest BCUT2D eigenvalue weighted by Gasteiger charge is -2.29. The van der Waals surface area contributed by atoms with Crippen LogP contribution in [0.15, 0.2) is 23.1 Å². The summed E-state index contributed by atoms with van der Waals surface area (Å²) in [5.74, 6) is -1.05. The molecule has 0 unspecified atom stereocenters. The first-order chi connectivity index (χ1) is 13.0. The largest absolute Gasteiger partial charge is 0.465 e. The number of aryl methyl sites for hydroxylation is 1. The number of morpholine rings is 1. The van der Waals surface area contributed by atoms with Gasteiger partial charge in [0, 0.05) is 18.8 Å². The molecule has 2 saturated heterocycles. The van der Waals surface area contributed by atoms with Crippen molar-refractivity contribution in [2.75, 3.05) is 44.4 Å². The minimum atomic E-state index is -0.591. The monoisotopic (exact) mass is 390 g/mol. The fourth-order valence-electron chi connectivity index (χ4n) is 2.95. The first-order valence-electron chi connectivity index (χ1n) is 8.84. The predicted molar refractivity (Wildman–Crippen MR) is 104 cm³/mol. The van der Waals surface area contributed by atoms with E-state index in [9.17, 15) is 14.4 Å². The normalized spacial score (nSPS) is 19.1. The van der Waals surface area contributed by atoms with E-state index in [1.807, 2.05) is 19.1 Å². The Morgan fingerprint density at radius 2 is 2.04 bits per heavy atom. The molecule has 0 aliphatic carbocycles. The molecule has 1 aromatic carbocycles. The second-order valence-corrected chi connectivity index (χ2v) is 7.21. The van der Waals surface area contributed by atoms with Crippen molar-refractivity contribution in [2.45, 2.75) is 13.8 Å². The van der Waals surface area contributed by atoms with Gasteiger partial charge < -0.3 is 14.4 Å². The minimum absolute atomic E-state index is 0.208. The van der Waals surface area contributed by atoms with Gasteiger partial charge in [-0.1, -0.05) is 6.07 Å². The number of imide groups is 1. The van der Waals surface area contributed by atoms with Gasteiger partial charge in [0.25, 0.3) is 11.1 Å². The van der Waals surface area contributed by atoms with E-state index < -0.39 is 17.1 Å². The molecule has 0 radical (unpaired) electrons. The number of nitrogens with zero attached hydrogens (tertiary/aromatic N) is 2. The number of carbonyl (C=O) groups excluding carboxylic acids is 3. The van der Waals surface area contributed by atoms with Crippen molar-refractivity contribution in [3.8, 4) is 0 Å².